The number of fused-ring (bicyclic) bond motifs is 1. The molecule has 5 heteroatoms. The molecule has 0 amide bonds. The van der Waals surface area contributed by atoms with Crippen molar-refractivity contribution in [3.8, 4) is 17.5 Å². The first-order chi connectivity index (χ1) is 12.2. The summed E-state index contributed by atoms with van der Waals surface area (Å²) in [4.78, 5) is 6.52. The van der Waals surface area contributed by atoms with Crippen LogP contribution in [0.2, 0.25) is 0 Å². The average molecular weight is 333 g/mol. The summed E-state index contributed by atoms with van der Waals surface area (Å²) in [6.07, 6.45) is 0.169. The van der Waals surface area contributed by atoms with Crippen molar-refractivity contribution in [3.05, 3.63) is 48.2 Å². The molecule has 2 atom stereocenters. The Morgan fingerprint density at radius 3 is 2.56 bits per heavy atom. The Balaban J connectivity index is 1.80. The highest BCUT2D eigenvalue weighted by Crippen LogP contribution is 2.33. The number of oxazole rings is 1. The average Bonchev–Trinajstić information content (AvgIpc) is 3.04. The largest absolute Gasteiger partial charge is 0.419 e. The summed E-state index contributed by atoms with van der Waals surface area (Å²) < 4.78 is 11.8. The molecule has 126 valence electrons. The zero-order valence-electron chi connectivity index (χ0n) is 14.3. The Morgan fingerprint density at radius 2 is 1.80 bits per heavy atom. The van der Waals surface area contributed by atoms with Crippen molar-refractivity contribution in [2.75, 3.05) is 18.0 Å². The molecule has 2 heterocycles. The number of rotatable bonds is 2. The molecule has 1 aromatic heterocycles. The molecule has 25 heavy (non-hydrogen) atoms. The normalized spacial score (nSPS) is 20.6. The van der Waals surface area contributed by atoms with Gasteiger partial charge in [0.25, 0.3) is 0 Å². The molecular formula is C20H19N3O2. The van der Waals surface area contributed by atoms with Crippen molar-refractivity contribution < 1.29 is 9.15 Å². The van der Waals surface area contributed by atoms with Crippen LogP contribution in [-0.4, -0.2) is 30.3 Å². The maximum atomic E-state index is 9.52. The van der Waals surface area contributed by atoms with E-state index in [9.17, 15) is 5.26 Å². The van der Waals surface area contributed by atoms with Crippen LogP contribution in [0.25, 0.3) is 22.2 Å². The molecule has 0 saturated carbocycles. The smallest absolute Gasteiger partial charge is 0.235 e. The molecule has 4 rings (SSSR count). The molecule has 1 aliphatic rings. The van der Waals surface area contributed by atoms with E-state index in [1.807, 2.05) is 44.2 Å². The van der Waals surface area contributed by atoms with Crippen LogP contribution >= 0.6 is 0 Å². The highest BCUT2D eigenvalue weighted by atomic mass is 16.5. The van der Waals surface area contributed by atoms with E-state index < -0.39 is 0 Å². The summed E-state index contributed by atoms with van der Waals surface area (Å²) >= 11 is 0. The van der Waals surface area contributed by atoms with Gasteiger partial charge in [0.15, 0.2) is 0 Å². The van der Waals surface area contributed by atoms with Gasteiger partial charge in [-0.2, -0.15) is 10.2 Å². The van der Waals surface area contributed by atoms with E-state index in [2.05, 4.69) is 28.1 Å². The lowest BCUT2D eigenvalue weighted by Gasteiger charge is -2.34. The number of ether oxygens (including phenoxy) is 1. The summed E-state index contributed by atoms with van der Waals surface area (Å²) in [5.41, 5.74) is 1.22. The molecule has 0 aliphatic carbocycles. The molecule has 0 spiro atoms. The van der Waals surface area contributed by atoms with E-state index in [0.29, 0.717) is 30.6 Å². The van der Waals surface area contributed by atoms with Crippen molar-refractivity contribution in [1.29, 1.82) is 5.26 Å². The molecule has 5 nitrogen and oxygen atoms in total. The third kappa shape index (κ3) is 2.86. The summed E-state index contributed by atoms with van der Waals surface area (Å²) in [6.45, 7) is 5.42. The number of anilines is 1. The number of hydrogen-bond acceptors (Lipinski definition) is 5. The zero-order valence-corrected chi connectivity index (χ0v) is 14.3. The molecule has 3 aromatic rings. The number of aromatic nitrogens is 1. The lowest BCUT2D eigenvalue weighted by atomic mass is 10.0. The van der Waals surface area contributed by atoms with Crippen molar-refractivity contribution in [2.45, 2.75) is 26.1 Å². The zero-order chi connectivity index (χ0) is 17.4. The van der Waals surface area contributed by atoms with E-state index in [0.717, 1.165) is 16.3 Å². The van der Waals surface area contributed by atoms with E-state index in [1.165, 1.54) is 0 Å². The number of benzene rings is 2. The summed E-state index contributed by atoms with van der Waals surface area (Å²) in [7, 11) is 0. The number of morpholine rings is 1. The Bertz CT molecular complexity index is 942. The monoisotopic (exact) mass is 333 g/mol. The first-order valence-electron chi connectivity index (χ1n) is 8.45. The molecule has 2 unspecified atom stereocenters. The third-order valence-corrected chi connectivity index (χ3v) is 4.44. The van der Waals surface area contributed by atoms with E-state index in [-0.39, 0.29) is 12.2 Å². The van der Waals surface area contributed by atoms with Crippen LogP contribution in [0.4, 0.5) is 5.88 Å². The van der Waals surface area contributed by atoms with Gasteiger partial charge in [0.05, 0.1) is 12.2 Å². The highest BCUT2D eigenvalue weighted by molar-refractivity contribution is 5.94. The molecule has 2 aromatic carbocycles. The molecule has 1 fully saturated rings. The second-order valence-corrected chi connectivity index (χ2v) is 6.47. The Labute approximate surface area is 146 Å². The fourth-order valence-corrected chi connectivity index (χ4v) is 3.47. The van der Waals surface area contributed by atoms with Gasteiger partial charge in [0.1, 0.15) is 6.07 Å². The third-order valence-electron chi connectivity index (χ3n) is 4.44. The topological polar surface area (TPSA) is 62.3 Å². The number of nitriles is 1. The Hall–Kier alpha value is -2.84. The molecule has 1 saturated heterocycles. The molecular weight excluding hydrogens is 314 g/mol. The predicted molar refractivity (Wildman–Crippen MR) is 96.4 cm³/mol. The summed E-state index contributed by atoms with van der Waals surface area (Å²) in [6, 6.07) is 16.3. The predicted octanol–water partition coefficient (Wildman–Crippen LogP) is 3.98. The highest BCUT2D eigenvalue weighted by Gasteiger charge is 2.28. The van der Waals surface area contributed by atoms with Gasteiger partial charge in [-0.1, -0.05) is 36.4 Å². The van der Waals surface area contributed by atoms with Crippen molar-refractivity contribution >= 4 is 16.7 Å². The van der Waals surface area contributed by atoms with Crippen LogP contribution in [0.5, 0.6) is 0 Å². The molecule has 0 bridgehead atoms. The minimum atomic E-state index is 0.0846. The van der Waals surface area contributed by atoms with Crippen LogP contribution < -0.4 is 4.90 Å². The van der Waals surface area contributed by atoms with Gasteiger partial charge >= 0.3 is 0 Å². The van der Waals surface area contributed by atoms with Gasteiger partial charge in [-0.15, -0.1) is 0 Å². The van der Waals surface area contributed by atoms with E-state index in [4.69, 9.17) is 9.15 Å². The lowest BCUT2D eigenvalue weighted by Crippen LogP contribution is -2.45. The van der Waals surface area contributed by atoms with E-state index in [1.54, 1.807) is 0 Å². The van der Waals surface area contributed by atoms with Crippen LogP contribution in [0.1, 0.15) is 19.5 Å². The van der Waals surface area contributed by atoms with Crippen LogP contribution in [0.3, 0.4) is 0 Å². The van der Waals surface area contributed by atoms with Gasteiger partial charge in [0, 0.05) is 18.7 Å². The number of hydrogen-bond donors (Lipinski definition) is 0. The fourth-order valence-electron chi connectivity index (χ4n) is 3.47. The van der Waals surface area contributed by atoms with Crippen LogP contribution in [0, 0.1) is 11.3 Å². The van der Waals surface area contributed by atoms with Gasteiger partial charge in [0.2, 0.25) is 17.5 Å². The van der Waals surface area contributed by atoms with E-state index >= 15 is 0 Å². The molecule has 0 N–H and O–H groups in total. The first kappa shape index (κ1) is 15.7. The fraction of sp³-hybridized carbons (Fsp3) is 0.300. The molecule has 0 radical (unpaired) electrons. The van der Waals surface area contributed by atoms with Crippen molar-refractivity contribution in [3.63, 3.8) is 0 Å². The SMILES string of the molecule is CC1CN(c2oc(-c3cccc4ccccc34)nc2C#N)CC(C)O1. The van der Waals surface area contributed by atoms with Crippen molar-refractivity contribution in [2.24, 2.45) is 0 Å². The minimum absolute atomic E-state index is 0.0846. The Kier molecular flexibility index (Phi) is 3.90. The molecule has 1 aliphatic heterocycles. The summed E-state index contributed by atoms with van der Waals surface area (Å²) in [5, 5.41) is 11.7. The summed E-state index contributed by atoms with van der Waals surface area (Å²) in [5.74, 6) is 1.02. The first-order valence-corrected chi connectivity index (χ1v) is 8.45. The van der Waals surface area contributed by atoms with Crippen LogP contribution in [-0.2, 0) is 4.74 Å². The second kappa shape index (κ2) is 6.23. The minimum Gasteiger partial charge on any atom is -0.419 e. The van der Waals surface area contributed by atoms with Crippen LogP contribution in [0.15, 0.2) is 46.9 Å². The standard InChI is InChI=1S/C20H19N3O2/c1-13-11-23(12-14(2)24-13)20-18(10-21)22-19(25-20)17-9-5-7-15-6-3-4-8-16(15)17/h3-9,13-14H,11-12H2,1-2H3. The van der Waals surface area contributed by atoms with Gasteiger partial charge in [-0.25, -0.2) is 0 Å². The second-order valence-electron chi connectivity index (χ2n) is 6.47. The van der Waals surface area contributed by atoms with Crippen molar-refractivity contribution in [1.82, 2.24) is 4.98 Å². The Morgan fingerprint density at radius 1 is 1.08 bits per heavy atom. The number of nitrogens with zero attached hydrogens (tertiary/aromatic N) is 3. The van der Waals surface area contributed by atoms with Gasteiger partial charge < -0.3 is 14.1 Å². The maximum absolute atomic E-state index is 9.52. The van der Waals surface area contributed by atoms with Gasteiger partial charge in [-0.3, -0.25) is 0 Å². The quantitative estimate of drug-likeness (QED) is 0.710. The lowest BCUT2D eigenvalue weighted by molar-refractivity contribution is -0.00638. The van der Waals surface area contributed by atoms with Gasteiger partial charge in [-0.05, 0) is 30.7 Å². The maximum Gasteiger partial charge on any atom is 0.235 e.